The van der Waals surface area contributed by atoms with E-state index in [2.05, 4.69) is 46.1 Å². The highest BCUT2D eigenvalue weighted by Gasteiger charge is 2.43. The van der Waals surface area contributed by atoms with E-state index in [0.717, 1.165) is 22.8 Å². The van der Waals surface area contributed by atoms with Crippen molar-refractivity contribution in [1.29, 1.82) is 0 Å². The standard InChI is InChI=1S/C25H22N4OS/c1-17-14-15-21(28(17)18-9-3-2-4-10-18)24-23(19-11-7-8-16-26-19)27-25(31)29(24)20-12-5-6-13-22(20)30/h2-16,23-24,30H,1H3,(H,27,31)/t23-,24-/m1/s1. The van der Waals surface area contributed by atoms with Gasteiger partial charge in [0, 0.05) is 23.3 Å². The number of thiocarbonyl (C=S) groups is 1. The Morgan fingerprint density at radius 2 is 1.65 bits per heavy atom. The van der Waals surface area contributed by atoms with E-state index in [9.17, 15) is 5.11 Å². The van der Waals surface area contributed by atoms with Crippen molar-refractivity contribution < 1.29 is 5.11 Å². The Bertz CT molecular complexity index is 1220. The van der Waals surface area contributed by atoms with Gasteiger partial charge in [0.25, 0.3) is 0 Å². The summed E-state index contributed by atoms with van der Waals surface area (Å²) in [5.41, 5.74) is 4.83. The predicted molar refractivity (Wildman–Crippen MR) is 127 cm³/mol. The molecule has 3 heterocycles. The zero-order chi connectivity index (χ0) is 21.4. The summed E-state index contributed by atoms with van der Waals surface area (Å²) in [6.07, 6.45) is 1.79. The topological polar surface area (TPSA) is 53.3 Å². The molecule has 1 aliphatic rings. The molecular formula is C25H22N4OS. The first-order chi connectivity index (χ1) is 15.1. The molecule has 0 spiro atoms. The smallest absolute Gasteiger partial charge is 0.174 e. The van der Waals surface area contributed by atoms with E-state index in [4.69, 9.17) is 12.2 Å². The summed E-state index contributed by atoms with van der Waals surface area (Å²) < 4.78 is 2.24. The second kappa shape index (κ2) is 7.89. The van der Waals surface area contributed by atoms with Crippen LogP contribution in [-0.2, 0) is 0 Å². The van der Waals surface area contributed by atoms with Crippen LogP contribution in [0.25, 0.3) is 5.69 Å². The quantitative estimate of drug-likeness (QED) is 0.447. The summed E-state index contributed by atoms with van der Waals surface area (Å²) in [5.74, 6) is 0.188. The van der Waals surface area contributed by atoms with Gasteiger partial charge >= 0.3 is 0 Å². The van der Waals surface area contributed by atoms with Crippen LogP contribution in [0.1, 0.15) is 29.2 Å². The van der Waals surface area contributed by atoms with E-state index < -0.39 is 0 Å². The molecule has 2 atom stereocenters. The third kappa shape index (κ3) is 3.35. The van der Waals surface area contributed by atoms with Crippen LogP contribution in [-0.4, -0.2) is 19.8 Å². The molecule has 0 saturated carbocycles. The van der Waals surface area contributed by atoms with Crippen molar-refractivity contribution >= 4 is 23.0 Å². The Labute approximate surface area is 186 Å². The monoisotopic (exact) mass is 426 g/mol. The van der Waals surface area contributed by atoms with Crippen LogP contribution in [0.2, 0.25) is 0 Å². The average Bonchev–Trinajstić information content (AvgIpc) is 3.35. The fourth-order valence-corrected chi connectivity index (χ4v) is 4.64. The summed E-state index contributed by atoms with van der Waals surface area (Å²) in [7, 11) is 0. The van der Waals surface area contributed by atoms with Gasteiger partial charge in [-0.3, -0.25) is 4.98 Å². The Morgan fingerprint density at radius 3 is 2.39 bits per heavy atom. The molecular weight excluding hydrogens is 404 g/mol. The molecule has 4 aromatic rings. The predicted octanol–water partition coefficient (Wildman–Crippen LogP) is 5.06. The minimum absolute atomic E-state index is 0.176. The first-order valence-electron chi connectivity index (χ1n) is 10.2. The number of phenolic OH excluding ortho intramolecular Hbond substituents is 1. The van der Waals surface area contributed by atoms with Gasteiger partial charge in [0.05, 0.1) is 17.4 Å². The first kappa shape index (κ1) is 19.3. The number of rotatable bonds is 4. The molecule has 6 heteroatoms. The van der Waals surface area contributed by atoms with Crippen molar-refractivity contribution in [2.75, 3.05) is 4.90 Å². The molecule has 0 aliphatic carbocycles. The highest BCUT2D eigenvalue weighted by Crippen LogP contribution is 2.44. The second-order valence-electron chi connectivity index (χ2n) is 7.56. The van der Waals surface area contributed by atoms with Crippen LogP contribution in [0.3, 0.4) is 0 Å². The molecule has 5 rings (SSSR count). The van der Waals surface area contributed by atoms with E-state index >= 15 is 0 Å². The maximum absolute atomic E-state index is 10.7. The molecule has 0 unspecified atom stereocenters. The lowest BCUT2D eigenvalue weighted by Gasteiger charge is -2.29. The van der Waals surface area contributed by atoms with Gasteiger partial charge < -0.3 is 19.9 Å². The van der Waals surface area contributed by atoms with Crippen molar-refractivity contribution in [2.24, 2.45) is 0 Å². The molecule has 1 saturated heterocycles. The van der Waals surface area contributed by atoms with Gasteiger partial charge in [-0.25, -0.2) is 0 Å². The van der Waals surface area contributed by atoms with Gasteiger partial charge in [-0.1, -0.05) is 36.4 Å². The molecule has 2 N–H and O–H groups in total. The third-order valence-corrected chi connectivity index (χ3v) is 5.98. The molecule has 2 aromatic carbocycles. The van der Waals surface area contributed by atoms with Gasteiger partial charge in [-0.05, 0) is 67.7 Å². The summed E-state index contributed by atoms with van der Waals surface area (Å²) in [5, 5.41) is 14.7. The van der Waals surface area contributed by atoms with E-state index in [1.807, 2.05) is 59.5 Å². The summed E-state index contributed by atoms with van der Waals surface area (Å²) in [6, 6.07) is 27.3. The molecule has 31 heavy (non-hydrogen) atoms. The molecule has 154 valence electrons. The maximum atomic E-state index is 10.7. The number of phenols is 1. The maximum Gasteiger partial charge on any atom is 0.174 e. The van der Waals surface area contributed by atoms with Crippen LogP contribution in [0, 0.1) is 6.92 Å². The number of nitrogens with one attached hydrogen (secondary N) is 1. The molecule has 1 aliphatic heterocycles. The largest absolute Gasteiger partial charge is 0.506 e. The zero-order valence-corrected chi connectivity index (χ0v) is 17.8. The lowest BCUT2D eigenvalue weighted by molar-refractivity contribution is 0.472. The zero-order valence-electron chi connectivity index (χ0n) is 17.0. The van der Waals surface area contributed by atoms with E-state index in [1.165, 1.54) is 0 Å². The summed E-state index contributed by atoms with van der Waals surface area (Å²) in [4.78, 5) is 6.61. The fraction of sp³-hybridized carbons (Fsp3) is 0.120. The molecule has 1 fully saturated rings. The molecule has 0 radical (unpaired) electrons. The highest BCUT2D eigenvalue weighted by molar-refractivity contribution is 7.80. The Hall–Kier alpha value is -3.64. The number of aromatic nitrogens is 2. The summed E-state index contributed by atoms with van der Waals surface area (Å²) >= 11 is 5.77. The van der Waals surface area contributed by atoms with Crippen LogP contribution < -0.4 is 10.2 Å². The van der Waals surface area contributed by atoms with Crippen molar-refractivity contribution in [3.8, 4) is 11.4 Å². The highest BCUT2D eigenvalue weighted by atomic mass is 32.1. The second-order valence-corrected chi connectivity index (χ2v) is 7.94. The minimum Gasteiger partial charge on any atom is -0.506 e. The number of hydrogen-bond donors (Lipinski definition) is 2. The van der Waals surface area contributed by atoms with Gasteiger partial charge in [0.15, 0.2) is 5.11 Å². The van der Waals surface area contributed by atoms with Crippen molar-refractivity contribution in [3.05, 3.63) is 108 Å². The molecule has 0 amide bonds. The number of nitrogens with zero attached hydrogens (tertiary/aromatic N) is 3. The van der Waals surface area contributed by atoms with Crippen LogP contribution in [0.15, 0.2) is 91.1 Å². The average molecular weight is 427 g/mol. The fourth-order valence-electron chi connectivity index (χ4n) is 4.30. The third-order valence-electron chi connectivity index (χ3n) is 5.66. The van der Waals surface area contributed by atoms with E-state index in [1.54, 1.807) is 12.3 Å². The Kier molecular flexibility index (Phi) is 4.92. The minimum atomic E-state index is -0.204. The molecule has 5 nitrogen and oxygen atoms in total. The number of anilines is 1. The molecule has 2 aromatic heterocycles. The lowest BCUT2D eigenvalue weighted by atomic mass is 10.0. The van der Waals surface area contributed by atoms with Crippen molar-refractivity contribution in [1.82, 2.24) is 14.9 Å². The molecule has 0 bridgehead atoms. The van der Waals surface area contributed by atoms with Crippen molar-refractivity contribution in [3.63, 3.8) is 0 Å². The number of para-hydroxylation sites is 3. The Balaban J connectivity index is 1.72. The number of aromatic hydroxyl groups is 1. The van der Waals surface area contributed by atoms with E-state index in [-0.39, 0.29) is 17.8 Å². The Morgan fingerprint density at radius 1 is 0.903 bits per heavy atom. The normalized spacial score (nSPS) is 18.2. The van der Waals surface area contributed by atoms with Gasteiger partial charge in [-0.15, -0.1) is 0 Å². The van der Waals surface area contributed by atoms with Crippen LogP contribution >= 0.6 is 12.2 Å². The van der Waals surface area contributed by atoms with E-state index in [0.29, 0.717) is 10.8 Å². The lowest BCUT2D eigenvalue weighted by Crippen LogP contribution is -2.30. The number of aryl methyl sites for hydroxylation is 1. The van der Waals surface area contributed by atoms with Crippen LogP contribution in [0.4, 0.5) is 5.69 Å². The van der Waals surface area contributed by atoms with Crippen molar-refractivity contribution in [2.45, 2.75) is 19.0 Å². The number of benzene rings is 2. The number of pyridine rings is 1. The first-order valence-corrected chi connectivity index (χ1v) is 10.6. The summed E-state index contributed by atoms with van der Waals surface area (Å²) in [6.45, 7) is 2.09. The van der Waals surface area contributed by atoms with Gasteiger partial charge in [-0.2, -0.15) is 0 Å². The SMILES string of the molecule is Cc1ccc([C@@H]2[C@@H](c3ccccn3)NC(=S)N2c2ccccc2O)n1-c1ccccc1. The number of hydrogen-bond acceptors (Lipinski definition) is 3. The van der Waals surface area contributed by atoms with Crippen LogP contribution in [0.5, 0.6) is 5.75 Å². The van der Waals surface area contributed by atoms with Gasteiger partial charge in [0.2, 0.25) is 0 Å². The van der Waals surface area contributed by atoms with Gasteiger partial charge in [0.1, 0.15) is 11.8 Å².